The highest BCUT2D eigenvalue weighted by atomic mass is 16.5. The molecule has 1 N–H and O–H groups in total. The molecule has 4 atom stereocenters. The number of aliphatic hydroxyl groups excluding tert-OH is 1. The van der Waals surface area contributed by atoms with Crippen molar-refractivity contribution < 1.29 is 19.1 Å². The van der Waals surface area contributed by atoms with E-state index in [0.717, 1.165) is 19.6 Å². The van der Waals surface area contributed by atoms with Crippen molar-refractivity contribution in [3.05, 3.63) is 24.2 Å². The Morgan fingerprint density at radius 1 is 1.22 bits per heavy atom. The molecule has 3 heterocycles. The van der Waals surface area contributed by atoms with Crippen LogP contribution in [0.3, 0.4) is 0 Å². The van der Waals surface area contributed by atoms with Gasteiger partial charge in [-0.2, -0.15) is 0 Å². The van der Waals surface area contributed by atoms with E-state index in [1.54, 1.807) is 17.0 Å². The molecule has 128 valence electrons. The number of likely N-dealkylation sites (tertiary alicyclic amines) is 1. The molecule has 6 heteroatoms. The number of amides is 1. The van der Waals surface area contributed by atoms with Gasteiger partial charge in [-0.1, -0.05) is 0 Å². The Morgan fingerprint density at radius 2 is 1.91 bits per heavy atom. The summed E-state index contributed by atoms with van der Waals surface area (Å²) in [6, 6.07) is 3.41. The van der Waals surface area contributed by atoms with Gasteiger partial charge in [0.05, 0.1) is 18.5 Å². The molecule has 3 rings (SSSR count). The van der Waals surface area contributed by atoms with Gasteiger partial charge in [0.15, 0.2) is 5.76 Å². The lowest BCUT2D eigenvalue weighted by Gasteiger charge is -2.37. The highest BCUT2D eigenvalue weighted by molar-refractivity contribution is 5.91. The Kier molecular flexibility index (Phi) is 5.04. The highest BCUT2D eigenvalue weighted by Crippen LogP contribution is 2.26. The van der Waals surface area contributed by atoms with E-state index in [0.29, 0.717) is 18.8 Å². The zero-order chi connectivity index (χ0) is 16.4. The van der Waals surface area contributed by atoms with E-state index in [1.165, 1.54) is 6.26 Å². The lowest BCUT2D eigenvalue weighted by Crippen LogP contribution is -2.48. The van der Waals surface area contributed by atoms with E-state index in [1.807, 2.05) is 0 Å². The second kappa shape index (κ2) is 7.03. The molecule has 0 spiro atoms. The van der Waals surface area contributed by atoms with Crippen LogP contribution in [0, 0.1) is 11.8 Å². The fourth-order valence-electron chi connectivity index (χ4n) is 3.84. The predicted octanol–water partition coefficient (Wildman–Crippen LogP) is 1.07. The molecule has 6 nitrogen and oxygen atoms in total. The minimum absolute atomic E-state index is 0.0836. The van der Waals surface area contributed by atoms with Crippen molar-refractivity contribution in [1.82, 2.24) is 9.80 Å². The molecule has 2 saturated heterocycles. The van der Waals surface area contributed by atoms with Crippen molar-refractivity contribution in [2.75, 3.05) is 39.3 Å². The molecule has 0 bridgehead atoms. The van der Waals surface area contributed by atoms with Crippen LogP contribution in [0.5, 0.6) is 0 Å². The molecule has 2 aliphatic rings. The smallest absolute Gasteiger partial charge is 0.289 e. The maximum Gasteiger partial charge on any atom is 0.289 e. The number of furan rings is 1. The number of hydrogen-bond donors (Lipinski definition) is 1. The molecule has 2 aliphatic heterocycles. The van der Waals surface area contributed by atoms with Gasteiger partial charge in [0, 0.05) is 45.2 Å². The van der Waals surface area contributed by atoms with E-state index >= 15 is 0 Å². The van der Waals surface area contributed by atoms with Crippen LogP contribution >= 0.6 is 0 Å². The minimum atomic E-state index is -0.0836. The minimum Gasteiger partial charge on any atom is -0.459 e. The number of rotatable bonds is 4. The van der Waals surface area contributed by atoms with Gasteiger partial charge in [0.25, 0.3) is 5.91 Å². The normalized spacial score (nSPS) is 32.4. The second-order valence-electron chi connectivity index (χ2n) is 6.87. The topological polar surface area (TPSA) is 66.2 Å². The van der Waals surface area contributed by atoms with E-state index in [2.05, 4.69) is 18.7 Å². The molecule has 0 radical (unpaired) electrons. The lowest BCUT2D eigenvalue weighted by molar-refractivity contribution is -0.0726. The summed E-state index contributed by atoms with van der Waals surface area (Å²) >= 11 is 0. The molecular formula is C17H26N2O4. The summed E-state index contributed by atoms with van der Waals surface area (Å²) in [6.07, 6.45) is 1.98. The molecule has 4 unspecified atom stereocenters. The number of carbonyl (C=O) groups is 1. The third-order valence-electron chi connectivity index (χ3n) is 4.82. The molecule has 0 saturated carbocycles. The van der Waals surface area contributed by atoms with Crippen LogP contribution in [0.1, 0.15) is 24.4 Å². The Labute approximate surface area is 137 Å². The molecule has 1 aromatic heterocycles. The van der Waals surface area contributed by atoms with Gasteiger partial charge in [-0.25, -0.2) is 0 Å². The molecule has 0 aliphatic carbocycles. The molecular weight excluding hydrogens is 296 g/mol. The molecule has 0 aromatic carbocycles. The predicted molar refractivity (Wildman–Crippen MR) is 85.1 cm³/mol. The first-order valence-corrected chi connectivity index (χ1v) is 8.38. The van der Waals surface area contributed by atoms with Crippen LogP contribution in [0.25, 0.3) is 0 Å². The van der Waals surface area contributed by atoms with E-state index in [-0.39, 0.29) is 36.6 Å². The van der Waals surface area contributed by atoms with Crippen LogP contribution in [-0.4, -0.2) is 72.4 Å². The zero-order valence-electron chi connectivity index (χ0n) is 13.9. The van der Waals surface area contributed by atoms with Crippen molar-refractivity contribution in [2.24, 2.45) is 11.8 Å². The van der Waals surface area contributed by atoms with Gasteiger partial charge >= 0.3 is 0 Å². The summed E-state index contributed by atoms with van der Waals surface area (Å²) in [6.45, 7) is 8.27. The summed E-state index contributed by atoms with van der Waals surface area (Å²) in [4.78, 5) is 16.6. The Bertz CT molecular complexity index is 509. The summed E-state index contributed by atoms with van der Waals surface area (Å²) in [5, 5.41) is 9.70. The van der Waals surface area contributed by atoms with Crippen LogP contribution in [0.15, 0.2) is 22.8 Å². The summed E-state index contributed by atoms with van der Waals surface area (Å²) in [5.41, 5.74) is 0. The Balaban J connectivity index is 1.62. The Hall–Kier alpha value is -1.37. The summed E-state index contributed by atoms with van der Waals surface area (Å²) in [5.74, 6) is 0.703. The van der Waals surface area contributed by atoms with Crippen molar-refractivity contribution in [2.45, 2.75) is 26.1 Å². The number of aliphatic hydroxyl groups is 1. The standard InChI is InChI=1S/C17H26N2O4/c1-12-6-18(7-13(2)23-12)8-14-9-19(10-15(14)11-20)17(21)16-4-3-5-22-16/h3-5,12-15,20H,6-11H2,1-2H3. The van der Waals surface area contributed by atoms with Gasteiger partial charge in [0.2, 0.25) is 0 Å². The first kappa shape index (κ1) is 16.5. The van der Waals surface area contributed by atoms with Gasteiger partial charge in [0.1, 0.15) is 0 Å². The first-order chi connectivity index (χ1) is 11.1. The number of carbonyl (C=O) groups excluding carboxylic acids is 1. The molecule has 2 fully saturated rings. The van der Waals surface area contributed by atoms with Gasteiger partial charge in [-0.05, 0) is 31.9 Å². The van der Waals surface area contributed by atoms with Crippen molar-refractivity contribution >= 4 is 5.91 Å². The highest BCUT2D eigenvalue weighted by Gasteiger charge is 2.37. The van der Waals surface area contributed by atoms with Crippen LogP contribution in [-0.2, 0) is 4.74 Å². The van der Waals surface area contributed by atoms with Crippen LogP contribution in [0.2, 0.25) is 0 Å². The van der Waals surface area contributed by atoms with Crippen molar-refractivity contribution in [1.29, 1.82) is 0 Å². The fraction of sp³-hybridized carbons (Fsp3) is 0.706. The fourth-order valence-corrected chi connectivity index (χ4v) is 3.84. The molecule has 1 aromatic rings. The Morgan fingerprint density at radius 3 is 2.52 bits per heavy atom. The SMILES string of the molecule is CC1CN(CC2CN(C(=O)c3ccco3)CC2CO)CC(C)O1. The van der Waals surface area contributed by atoms with E-state index in [4.69, 9.17) is 9.15 Å². The monoisotopic (exact) mass is 322 g/mol. The quantitative estimate of drug-likeness (QED) is 0.898. The van der Waals surface area contributed by atoms with Crippen LogP contribution in [0.4, 0.5) is 0 Å². The van der Waals surface area contributed by atoms with E-state index < -0.39 is 0 Å². The molecule has 23 heavy (non-hydrogen) atoms. The number of nitrogens with zero attached hydrogens (tertiary/aromatic N) is 2. The van der Waals surface area contributed by atoms with Gasteiger partial charge < -0.3 is 19.2 Å². The number of morpholine rings is 1. The third kappa shape index (κ3) is 3.76. The van der Waals surface area contributed by atoms with Crippen molar-refractivity contribution in [3.63, 3.8) is 0 Å². The maximum absolute atomic E-state index is 12.4. The summed E-state index contributed by atoms with van der Waals surface area (Å²) < 4.78 is 11.0. The third-order valence-corrected chi connectivity index (χ3v) is 4.82. The summed E-state index contributed by atoms with van der Waals surface area (Å²) in [7, 11) is 0. The van der Waals surface area contributed by atoms with E-state index in [9.17, 15) is 9.90 Å². The van der Waals surface area contributed by atoms with Gasteiger partial charge in [-0.3, -0.25) is 9.69 Å². The maximum atomic E-state index is 12.4. The van der Waals surface area contributed by atoms with Crippen molar-refractivity contribution in [3.8, 4) is 0 Å². The first-order valence-electron chi connectivity index (χ1n) is 8.38. The average Bonchev–Trinajstić information content (AvgIpc) is 3.14. The average molecular weight is 322 g/mol. The zero-order valence-corrected chi connectivity index (χ0v) is 13.9. The number of hydrogen-bond acceptors (Lipinski definition) is 5. The second-order valence-corrected chi connectivity index (χ2v) is 6.87. The largest absolute Gasteiger partial charge is 0.459 e. The molecule has 1 amide bonds. The van der Waals surface area contributed by atoms with Crippen LogP contribution < -0.4 is 0 Å². The van der Waals surface area contributed by atoms with Gasteiger partial charge in [-0.15, -0.1) is 0 Å². The number of ether oxygens (including phenoxy) is 1. The lowest BCUT2D eigenvalue weighted by atomic mass is 9.96.